The van der Waals surface area contributed by atoms with Crippen LogP contribution in [0.2, 0.25) is 0 Å². The normalized spacial score (nSPS) is 12.7. The van der Waals surface area contributed by atoms with E-state index in [1.54, 1.807) is 18.4 Å². The first kappa shape index (κ1) is 11.4. The molecule has 84 valence electrons. The third-order valence-corrected chi connectivity index (χ3v) is 3.36. The Hall–Kier alpha value is -1.09. The summed E-state index contributed by atoms with van der Waals surface area (Å²) in [6, 6.07) is 8.60. The molecule has 0 radical (unpaired) electrons. The van der Waals surface area contributed by atoms with Gasteiger partial charge in [0.2, 0.25) is 0 Å². The van der Waals surface area contributed by atoms with Gasteiger partial charge in [0.1, 0.15) is 11.6 Å². The number of furan rings is 1. The van der Waals surface area contributed by atoms with Crippen molar-refractivity contribution in [3.63, 3.8) is 0 Å². The SMILES string of the molecule is Cc1occc1C(Br)Cc1cccc(F)c1. The molecule has 0 fully saturated rings. The third-order valence-electron chi connectivity index (χ3n) is 2.54. The Morgan fingerprint density at radius 1 is 1.38 bits per heavy atom. The molecule has 1 aromatic heterocycles. The molecule has 0 N–H and O–H groups in total. The summed E-state index contributed by atoms with van der Waals surface area (Å²) in [4.78, 5) is 0.160. The lowest BCUT2D eigenvalue weighted by Gasteiger charge is -2.08. The summed E-state index contributed by atoms with van der Waals surface area (Å²) in [5, 5.41) is 0. The topological polar surface area (TPSA) is 13.1 Å². The fraction of sp³-hybridized carbons (Fsp3) is 0.231. The van der Waals surface area contributed by atoms with Gasteiger partial charge >= 0.3 is 0 Å². The van der Waals surface area contributed by atoms with Crippen molar-refractivity contribution in [2.24, 2.45) is 0 Å². The molecule has 0 aliphatic heterocycles. The Morgan fingerprint density at radius 3 is 2.81 bits per heavy atom. The van der Waals surface area contributed by atoms with Crippen LogP contribution in [0.25, 0.3) is 0 Å². The van der Waals surface area contributed by atoms with E-state index >= 15 is 0 Å². The molecule has 0 bridgehead atoms. The summed E-state index contributed by atoms with van der Waals surface area (Å²) >= 11 is 3.59. The Morgan fingerprint density at radius 2 is 2.19 bits per heavy atom. The maximum atomic E-state index is 13.0. The van der Waals surface area contributed by atoms with Crippen molar-refractivity contribution in [1.82, 2.24) is 0 Å². The highest BCUT2D eigenvalue weighted by Gasteiger charge is 2.13. The number of alkyl halides is 1. The number of halogens is 2. The lowest BCUT2D eigenvalue weighted by Crippen LogP contribution is -1.96. The highest BCUT2D eigenvalue weighted by Crippen LogP contribution is 2.30. The highest BCUT2D eigenvalue weighted by molar-refractivity contribution is 9.09. The summed E-state index contributed by atoms with van der Waals surface area (Å²) in [7, 11) is 0. The first-order valence-corrected chi connectivity index (χ1v) is 6.01. The van der Waals surface area contributed by atoms with Gasteiger partial charge in [-0.1, -0.05) is 28.1 Å². The van der Waals surface area contributed by atoms with Gasteiger partial charge in [0.25, 0.3) is 0 Å². The molecule has 1 aromatic carbocycles. The molecule has 16 heavy (non-hydrogen) atoms. The van der Waals surface area contributed by atoms with Crippen LogP contribution in [0.15, 0.2) is 41.0 Å². The number of hydrogen-bond donors (Lipinski definition) is 0. The molecule has 0 spiro atoms. The van der Waals surface area contributed by atoms with Crippen molar-refractivity contribution in [1.29, 1.82) is 0 Å². The van der Waals surface area contributed by atoms with Crippen molar-refractivity contribution < 1.29 is 8.81 Å². The van der Waals surface area contributed by atoms with E-state index in [4.69, 9.17) is 4.42 Å². The minimum absolute atomic E-state index is 0.160. The minimum Gasteiger partial charge on any atom is -0.469 e. The molecule has 0 aliphatic rings. The number of rotatable bonds is 3. The van der Waals surface area contributed by atoms with Crippen LogP contribution in [-0.2, 0) is 6.42 Å². The lowest BCUT2D eigenvalue weighted by atomic mass is 10.1. The zero-order valence-electron chi connectivity index (χ0n) is 8.91. The minimum atomic E-state index is -0.193. The standard InChI is InChI=1S/C13H12BrFO/c1-9-12(5-6-16-9)13(14)8-10-3-2-4-11(15)7-10/h2-7,13H,8H2,1H3. The number of hydrogen-bond acceptors (Lipinski definition) is 1. The van der Waals surface area contributed by atoms with Gasteiger partial charge in [0.15, 0.2) is 0 Å². The van der Waals surface area contributed by atoms with Crippen LogP contribution < -0.4 is 0 Å². The summed E-state index contributed by atoms with van der Waals surface area (Å²) in [6.45, 7) is 1.93. The molecule has 0 saturated heterocycles. The Kier molecular flexibility index (Phi) is 3.44. The van der Waals surface area contributed by atoms with Crippen molar-refractivity contribution in [2.75, 3.05) is 0 Å². The molecule has 1 nitrogen and oxygen atoms in total. The number of aryl methyl sites for hydroxylation is 1. The van der Waals surface area contributed by atoms with E-state index in [-0.39, 0.29) is 10.6 Å². The molecule has 3 heteroatoms. The summed E-state index contributed by atoms with van der Waals surface area (Å²) in [5.74, 6) is 0.708. The van der Waals surface area contributed by atoms with Crippen LogP contribution in [0.5, 0.6) is 0 Å². The molecular weight excluding hydrogens is 271 g/mol. The zero-order valence-corrected chi connectivity index (χ0v) is 10.5. The molecule has 1 atom stereocenters. The summed E-state index contributed by atoms with van der Waals surface area (Å²) in [6.07, 6.45) is 2.42. The van der Waals surface area contributed by atoms with Crippen molar-refractivity contribution in [3.05, 3.63) is 59.3 Å². The van der Waals surface area contributed by atoms with Crippen LogP contribution in [0.3, 0.4) is 0 Å². The van der Waals surface area contributed by atoms with Gasteiger partial charge in [0.05, 0.1) is 6.26 Å². The summed E-state index contributed by atoms with van der Waals surface area (Å²) in [5.41, 5.74) is 2.09. The third kappa shape index (κ3) is 2.53. The maximum Gasteiger partial charge on any atom is 0.123 e. The first-order chi connectivity index (χ1) is 7.66. The molecule has 1 unspecified atom stereocenters. The Labute approximate surface area is 102 Å². The fourth-order valence-electron chi connectivity index (χ4n) is 1.70. The van der Waals surface area contributed by atoms with E-state index in [9.17, 15) is 4.39 Å². The van der Waals surface area contributed by atoms with E-state index in [2.05, 4.69) is 15.9 Å². The van der Waals surface area contributed by atoms with E-state index < -0.39 is 0 Å². The average molecular weight is 283 g/mol. The average Bonchev–Trinajstić information content (AvgIpc) is 2.64. The second-order valence-corrected chi connectivity index (χ2v) is 4.84. The van der Waals surface area contributed by atoms with Crippen LogP contribution in [0, 0.1) is 12.7 Å². The predicted octanol–water partition coefficient (Wildman–Crippen LogP) is 4.41. The van der Waals surface area contributed by atoms with E-state index in [0.29, 0.717) is 0 Å². The van der Waals surface area contributed by atoms with Crippen molar-refractivity contribution in [2.45, 2.75) is 18.2 Å². The fourth-order valence-corrected chi connectivity index (χ4v) is 2.55. The predicted molar refractivity (Wildman–Crippen MR) is 65.2 cm³/mol. The smallest absolute Gasteiger partial charge is 0.123 e. The van der Waals surface area contributed by atoms with Gasteiger partial charge in [-0.2, -0.15) is 0 Å². The molecule has 0 saturated carbocycles. The van der Waals surface area contributed by atoms with Crippen LogP contribution in [0.1, 0.15) is 21.7 Å². The second-order valence-electron chi connectivity index (χ2n) is 3.73. The quantitative estimate of drug-likeness (QED) is 0.761. The summed E-state index contributed by atoms with van der Waals surface area (Å²) < 4.78 is 18.2. The van der Waals surface area contributed by atoms with Gasteiger partial charge in [-0.05, 0) is 37.1 Å². The van der Waals surface area contributed by atoms with Gasteiger partial charge in [-0.3, -0.25) is 0 Å². The van der Waals surface area contributed by atoms with Gasteiger partial charge in [-0.25, -0.2) is 4.39 Å². The van der Waals surface area contributed by atoms with E-state index in [0.717, 1.165) is 23.3 Å². The molecule has 2 aromatic rings. The van der Waals surface area contributed by atoms with Gasteiger partial charge in [-0.15, -0.1) is 0 Å². The monoisotopic (exact) mass is 282 g/mol. The molecule has 0 aliphatic carbocycles. The van der Waals surface area contributed by atoms with Crippen LogP contribution in [0.4, 0.5) is 4.39 Å². The molecule has 1 heterocycles. The first-order valence-electron chi connectivity index (χ1n) is 5.09. The lowest BCUT2D eigenvalue weighted by molar-refractivity contribution is 0.529. The highest BCUT2D eigenvalue weighted by atomic mass is 79.9. The zero-order chi connectivity index (χ0) is 11.5. The number of benzene rings is 1. The van der Waals surface area contributed by atoms with E-state index in [1.165, 1.54) is 6.07 Å². The molecular formula is C13H12BrFO. The molecule has 0 amide bonds. The maximum absolute atomic E-state index is 13.0. The largest absolute Gasteiger partial charge is 0.469 e. The van der Waals surface area contributed by atoms with Crippen LogP contribution in [-0.4, -0.2) is 0 Å². The van der Waals surface area contributed by atoms with Gasteiger partial charge < -0.3 is 4.42 Å². The van der Waals surface area contributed by atoms with Crippen molar-refractivity contribution in [3.8, 4) is 0 Å². The van der Waals surface area contributed by atoms with Crippen molar-refractivity contribution >= 4 is 15.9 Å². The Bertz CT molecular complexity index is 478. The van der Waals surface area contributed by atoms with Gasteiger partial charge in [0, 0.05) is 10.4 Å². The van der Waals surface area contributed by atoms with E-state index in [1.807, 2.05) is 19.1 Å². The Balaban J connectivity index is 2.14. The van der Waals surface area contributed by atoms with Crippen LogP contribution >= 0.6 is 15.9 Å². The second kappa shape index (κ2) is 4.83. The molecule has 2 rings (SSSR count).